The third-order valence-corrected chi connectivity index (χ3v) is 3.86. The van der Waals surface area contributed by atoms with Gasteiger partial charge in [0.25, 0.3) is 0 Å². The van der Waals surface area contributed by atoms with Crippen LogP contribution in [0.15, 0.2) is 4.79 Å². The van der Waals surface area contributed by atoms with Gasteiger partial charge < -0.3 is 5.32 Å². The second-order valence-corrected chi connectivity index (χ2v) is 5.77. The van der Waals surface area contributed by atoms with Gasteiger partial charge in [-0.3, -0.25) is 4.98 Å². The van der Waals surface area contributed by atoms with Crippen molar-refractivity contribution in [3.63, 3.8) is 0 Å². The van der Waals surface area contributed by atoms with Crippen LogP contribution in [-0.4, -0.2) is 21.2 Å². The van der Waals surface area contributed by atoms with E-state index in [9.17, 15) is 4.79 Å². The van der Waals surface area contributed by atoms with Crippen LogP contribution in [0.5, 0.6) is 0 Å². The molecule has 1 aliphatic rings. The Morgan fingerprint density at radius 2 is 2.28 bits per heavy atom. The predicted octanol–water partition coefficient (Wildman–Crippen LogP) is 1.79. The molecule has 102 valence electrons. The minimum atomic E-state index is -0.227. The molecule has 1 saturated carbocycles. The summed E-state index contributed by atoms with van der Waals surface area (Å²) >= 11 is 0. The lowest BCUT2D eigenvalue weighted by atomic mass is 9.94. The van der Waals surface area contributed by atoms with Gasteiger partial charge in [-0.1, -0.05) is 26.7 Å². The third kappa shape index (κ3) is 3.70. The Balaban J connectivity index is 1.78. The van der Waals surface area contributed by atoms with Crippen molar-refractivity contribution in [2.45, 2.75) is 58.5 Å². The second kappa shape index (κ2) is 6.18. The van der Waals surface area contributed by atoms with Crippen molar-refractivity contribution in [1.29, 1.82) is 0 Å². The third-order valence-electron chi connectivity index (χ3n) is 3.86. The quantitative estimate of drug-likeness (QED) is 0.722. The highest BCUT2D eigenvalue weighted by Crippen LogP contribution is 2.30. The predicted molar refractivity (Wildman–Crippen MR) is 71.2 cm³/mol. The smallest absolute Gasteiger partial charge is 0.307 e. The monoisotopic (exact) mass is 252 g/mol. The average Bonchev–Trinajstić information content (AvgIpc) is 2.92. The van der Waals surface area contributed by atoms with E-state index < -0.39 is 0 Å². The summed E-state index contributed by atoms with van der Waals surface area (Å²) in [4.78, 5) is 13.6. The summed E-state index contributed by atoms with van der Waals surface area (Å²) in [5.74, 6) is 2.28. The first-order valence-corrected chi connectivity index (χ1v) is 7.02. The minimum Gasteiger partial charge on any atom is -0.307 e. The van der Waals surface area contributed by atoms with Crippen LogP contribution in [0.4, 0.5) is 0 Å². The van der Waals surface area contributed by atoms with Gasteiger partial charge >= 0.3 is 5.69 Å². The highest BCUT2D eigenvalue weighted by Gasteiger charge is 2.26. The molecule has 1 aromatic rings. The van der Waals surface area contributed by atoms with Crippen molar-refractivity contribution in [2.24, 2.45) is 11.8 Å². The van der Waals surface area contributed by atoms with E-state index >= 15 is 0 Å². The number of nitrogens with one attached hydrogen (secondary N) is 3. The zero-order chi connectivity index (χ0) is 13.0. The molecule has 1 aliphatic carbocycles. The maximum absolute atomic E-state index is 10.9. The molecule has 0 bridgehead atoms. The van der Waals surface area contributed by atoms with Crippen LogP contribution in [0.25, 0.3) is 0 Å². The summed E-state index contributed by atoms with van der Waals surface area (Å²) in [5, 5.41) is 9.85. The van der Waals surface area contributed by atoms with Gasteiger partial charge in [-0.25, -0.2) is 9.89 Å². The molecule has 5 heteroatoms. The van der Waals surface area contributed by atoms with E-state index in [1.165, 1.54) is 32.1 Å². The molecule has 3 N–H and O–H groups in total. The molecule has 0 amide bonds. The van der Waals surface area contributed by atoms with Gasteiger partial charge in [-0.2, -0.15) is 5.10 Å². The van der Waals surface area contributed by atoms with Crippen molar-refractivity contribution in [1.82, 2.24) is 20.5 Å². The average molecular weight is 252 g/mol. The van der Waals surface area contributed by atoms with E-state index in [0.29, 0.717) is 18.4 Å². The molecule has 0 spiro atoms. The maximum Gasteiger partial charge on any atom is 0.340 e. The number of aromatic nitrogens is 3. The second-order valence-electron chi connectivity index (χ2n) is 5.77. The molecule has 5 nitrogen and oxygen atoms in total. The summed E-state index contributed by atoms with van der Waals surface area (Å²) in [5.41, 5.74) is -0.227. The molecule has 18 heavy (non-hydrogen) atoms. The summed E-state index contributed by atoms with van der Waals surface area (Å²) in [6.07, 6.45) is 6.52. The molecule has 0 radical (unpaired) electrons. The topological polar surface area (TPSA) is 73.6 Å². The van der Waals surface area contributed by atoms with Gasteiger partial charge in [0, 0.05) is 6.04 Å². The number of aromatic amines is 2. The van der Waals surface area contributed by atoms with E-state index in [1.807, 2.05) is 0 Å². The summed E-state index contributed by atoms with van der Waals surface area (Å²) < 4.78 is 0. The van der Waals surface area contributed by atoms with Crippen LogP contribution in [0, 0.1) is 11.8 Å². The Kier molecular flexibility index (Phi) is 4.58. The number of rotatable bonds is 6. The van der Waals surface area contributed by atoms with E-state index in [0.717, 1.165) is 11.8 Å². The van der Waals surface area contributed by atoms with Gasteiger partial charge in [0.1, 0.15) is 5.82 Å². The lowest BCUT2D eigenvalue weighted by molar-refractivity contribution is 0.348. The zero-order valence-electron chi connectivity index (χ0n) is 11.3. The number of hydrogen-bond donors (Lipinski definition) is 3. The van der Waals surface area contributed by atoms with Gasteiger partial charge in [0.2, 0.25) is 0 Å². The van der Waals surface area contributed by atoms with Gasteiger partial charge in [0.15, 0.2) is 0 Å². The van der Waals surface area contributed by atoms with Crippen molar-refractivity contribution in [2.75, 3.05) is 0 Å². The first-order valence-electron chi connectivity index (χ1n) is 7.02. The Morgan fingerprint density at radius 1 is 1.44 bits per heavy atom. The van der Waals surface area contributed by atoms with Gasteiger partial charge in [-0.15, -0.1) is 0 Å². The van der Waals surface area contributed by atoms with Gasteiger partial charge in [-0.05, 0) is 31.1 Å². The normalized spacial score (nSPS) is 23.9. The van der Waals surface area contributed by atoms with E-state index in [1.54, 1.807) is 0 Å². The van der Waals surface area contributed by atoms with E-state index in [2.05, 4.69) is 34.3 Å². The van der Waals surface area contributed by atoms with Crippen LogP contribution in [0.1, 0.15) is 51.8 Å². The fourth-order valence-corrected chi connectivity index (χ4v) is 2.82. The summed E-state index contributed by atoms with van der Waals surface area (Å²) in [6.45, 7) is 5.22. The molecule has 2 rings (SSSR count). The molecular formula is C13H24N4O. The fourth-order valence-electron chi connectivity index (χ4n) is 2.82. The van der Waals surface area contributed by atoms with Crippen LogP contribution < -0.4 is 11.0 Å². The minimum absolute atomic E-state index is 0.227. The Hall–Kier alpha value is -1.10. The zero-order valence-corrected chi connectivity index (χ0v) is 11.3. The fraction of sp³-hybridized carbons (Fsp3) is 0.846. The number of H-pyrrole nitrogens is 2. The summed E-state index contributed by atoms with van der Waals surface area (Å²) in [6, 6.07) is 0.587. The maximum atomic E-state index is 10.9. The van der Waals surface area contributed by atoms with Gasteiger partial charge in [0.05, 0.1) is 6.54 Å². The molecule has 0 aromatic carbocycles. The van der Waals surface area contributed by atoms with E-state index in [-0.39, 0.29) is 5.69 Å². The van der Waals surface area contributed by atoms with Crippen molar-refractivity contribution < 1.29 is 0 Å². The van der Waals surface area contributed by atoms with Crippen LogP contribution in [0.3, 0.4) is 0 Å². The van der Waals surface area contributed by atoms with Crippen LogP contribution in [-0.2, 0) is 6.54 Å². The Bertz CT molecular complexity index is 409. The van der Waals surface area contributed by atoms with Crippen molar-refractivity contribution in [3.05, 3.63) is 16.3 Å². The van der Waals surface area contributed by atoms with E-state index in [4.69, 9.17) is 0 Å². The molecule has 0 unspecified atom stereocenters. The van der Waals surface area contributed by atoms with Crippen LogP contribution in [0.2, 0.25) is 0 Å². The molecular weight excluding hydrogens is 228 g/mol. The van der Waals surface area contributed by atoms with Crippen LogP contribution >= 0.6 is 0 Å². The highest BCUT2D eigenvalue weighted by atomic mass is 16.1. The molecule has 1 heterocycles. The molecule has 0 saturated heterocycles. The Morgan fingerprint density at radius 3 is 2.94 bits per heavy atom. The molecule has 1 aromatic heterocycles. The van der Waals surface area contributed by atoms with Crippen molar-refractivity contribution >= 4 is 0 Å². The lowest BCUT2D eigenvalue weighted by Crippen LogP contribution is -2.32. The summed E-state index contributed by atoms with van der Waals surface area (Å²) in [7, 11) is 0. The standard InChI is InChI=1S/C13H24N4O/c1-9(2)6-7-10-4-3-5-11(10)14-8-12-15-13(18)17-16-12/h9-11,14H,3-8H2,1-2H3,(H2,15,16,17,18)/t10-,11+/m0/s1. The molecule has 0 aliphatic heterocycles. The first kappa shape index (κ1) is 13.3. The molecule has 2 atom stereocenters. The number of hydrogen-bond acceptors (Lipinski definition) is 3. The Labute approximate surface area is 108 Å². The first-order chi connectivity index (χ1) is 8.65. The SMILES string of the molecule is CC(C)CC[C@@H]1CCC[C@H]1NCc1n[nH]c(=O)[nH]1. The lowest BCUT2D eigenvalue weighted by Gasteiger charge is -2.21. The molecule has 1 fully saturated rings. The van der Waals surface area contributed by atoms with Crippen molar-refractivity contribution in [3.8, 4) is 0 Å². The highest BCUT2D eigenvalue weighted by molar-refractivity contribution is 4.87. The number of nitrogens with zero attached hydrogens (tertiary/aromatic N) is 1. The largest absolute Gasteiger partial charge is 0.340 e.